The number of carbonyl (C=O) groups is 1. The third-order valence-corrected chi connectivity index (χ3v) is 5.70. The number of ether oxygens (including phenoxy) is 3. The first-order valence-corrected chi connectivity index (χ1v) is 11.9. The van der Waals surface area contributed by atoms with Crippen molar-refractivity contribution in [2.24, 2.45) is 0 Å². The Morgan fingerprint density at radius 1 is 0.947 bits per heavy atom. The molecule has 0 unspecified atom stereocenters. The van der Waals surface area contributed by atoms with E-state index in [0.717, 1.165) is 11.3 Å². The van der Waals surface area contributed by atoms with Gasteiger partial charge in [0, 0.05) is 24.9 Å². The van der Waals surface area contributed by atoms with Gasteiger partial charge in [0.15, 0.2) is 17.3 Å². The molecule has 3 aromatic carbocycles. The second kappa shape index (κ2) is 12.5. The van der Waals surface area contributed by atoms with Crippen LogP contribution in [0, 0.1) is 5.82 Å². The maximum Gasteiger partial charge on any atom is 0.273 e. The van der Waals surface area contributed by atoms with Crippen LogP contribution >= 0.6 is 0 Å². The highest BCUT2D eigenvalue weighted by Gasteiger charge is 2.13. The van der Waals surface area contributed by atoms with Crippen molar-refractivity contribution in [1.82, 2.24) is 20.5 Å². The third-order valence-electron chi connectivity index (χ3n) is 5.70. The Morgan fingerprint density at radius 2 is 1.76 bits per heavy atom. The van der Waals surface area contributed by atoms with Crippen LogP contribution < -0.4 is 25.1 Å². The van der Waals surface area contributed by atoms with Crippen molar-refractivity contribution in [2.45, 2.75) is 26.0 Å². The fourth-order valence-corrected chi connectivity index (χ4v) is 3.68. The van der Waals surface area contributed by atoms with E-state index in [9.17, 15) is 14.0 Å². The van der Waals surface area contributed by atoms with Gasteiger partial charge < -0.3 is 24.5 Å². The number of methoxy groups -OCH3 is 2. The number of hydrogen-bond acceptors (Lipinski definition) is 7. The molecule has 0 aliphatic carbocycles. The summed E-state index contributed by atoms with van der Waals surface area (Å²) in [7, 11) is 3.13. The lowest BCUT2D eigenvalue weighted by Gasteiger charge is -2.12. The minimum atomic E-state index is -0.440. The maximum absolute atomic E-state index is 13.3. The summed E-state index contributed by atoms with van der Waals surface area (Å²) in [5, 5.41) is 10.8. The number of rotatable bonds is 11. The van der Waals surface area contributed by atoms with Gasteiger partial charge in [0.2, 0.25) is 5.91 Å². The second-order valence-electron chi connectivity index (χ2n) is 8.36. The summed E-state index contributed by atoms with van der Waals surface area (Å²) in [5.41, 5.74) is 1.86. The van der Waals surface area contributed by atoms with Gasteiger partial charge in [0.25, 0.3) is 5.56 Å². The molecule has 0 fully saturated rings. The van der Waals surface area contributed by atoms with E-state index >= 15 is 0 Å². The molecule has 0 aliphatic rings. The molecule has 1 aromatic heterocycles. The quantitative estimate of drug-likeness (QED) is 0.310. The molecular weight excluding hydrogens is 491 g/mol. The fraction of sp³-hybridized carbons (Fsp3) is 0.214. The van der Waals surface area contributed by atoms with Crippen LogP contribution in [0.5, 0.6) is 17.2 Å². The molecule has 0 atom stereocenters. The Bertz CT molecular complexity index is 1470. The first kappa shape index (κ1) is 26.3. The zero-order chi connectivity index (χ0) is 26.9. The Balaban J connectivity index is 1.36. The number of hydrogen-bond donors (Lipinski definition) is 2. The van der Waals surface area contributed by atoms with Crippen LogP contribution in [0.1, 0.15) is 23.2 Å². The summed E-state index contributed by atoms with van der Waals surface area (Å²) >= 11 is 0. The molecule has 0 bridgehead atoms. The minimum absolute atomic E-state index is 0.0412. The SMILES string of the molecule is COc1cccc(COc2ccc(-c3nnc(CCC(=O)NCc4cccc(F)c4)c(=O)[nH]3)cc2OC)c1. The van der Waals surface area contributed by atoms with Crippen molar-refractivity contribution in [2.75, 3.05) is 14.2 Å². The van der Waals surface area contributed by atoms with Gasteiger partial charge in [0.05, 0.1) is 14.2 Å². The predicted molar refractivity (Wildman–Crippen MR) is 139 cm³/mol. The van der Waals surface area contributed by atoms with Gasteiger partial charge in [0.1, 0.15) is 23.9 Å². The summed E-state index contributed by atoms with van der Waals surface area (Å²) in [6, 6.07) is 18.7. The van der Waals surface area contributed by atoms with Crippen molar-refractivity contribution >= 4 is 5.91 Å². The molecule has 10 heteroatoms. The van der Waals surface area contributed by atoms with Crippen LogP contribution in [0.4, 0.5) is 4.39 Å². The van der Waals surface area contributed by atoms with Crippen LogP contribution in [0.15, 0.2) is 71.5 Å². The standard InChI is InChI=1S/C28H27FN4O5/c1-36-22-8-4-6-19(14-22)17-38-24-11-9-20(15-25(24)37-2)27-31-28(35)23(32-33-27)10-12-26(34)30-16-18-5-3-7-21(29)13-18/h3-9,11,13-15H,10,12,16-17H2,1-2H3,(H,30,34)(H,31,33,35). The fourth-order valence-electron chi connectivity index (χ4n) is 3.68. The van der Waals surface area contributed by atoms with E-state index in [4.69, 9.17) is 14.2 Å². The highest BCUT2D eigenvalue weighted by atomic mass is 19.1. The van der Waals surface area contributed by atoms with Crippen molar-refractivity contribution in [3.8, 4) is 28.6 Å². The third kappa shape index (κ3) is 6.94. The van der Waals surface area contributed by atoms with E-state index in [1.807, 2.05) is 24.3 Å². The van der Waals surface area contributed by atoms with E-state index in [1.54, 1.807) is 37.4 Å². The lowest BCUT2D eigenvalue weighted by atomic mass is 10.1. The van der Waals surface area contributed by atoms with Crippen LogP contribution in [0.25, 0.3) is 11.4 Å². The lowest BCUT2D eigenvalue weighted by Crippen LogP contribution is -2.25. The number of aromatic nitrogens is 3. The number of H-pyrrole nitrogens is 1. The Kier molecular flexibility index (Phi) is 8.65. The molecule has 0 spiro atoms. The monoisotopic (exact) mass is 518 g/mol. The summed E-state index contributed by atoms with van der Waals surface area (Å²) in [6.07, 6.45) is 0.150. The first-order chi connectivity index (χ1) is 18.4. The number of carbonyl (C=O) groups excluding carboxylic acids is 1. The van der Waals surface area contributed by atoms with E-state index < -0.39 is 5.56 Å². The van der Waals surface area contributed by atoms with Gasteiger partial charge in [-0.15, -0.1) is 10.2 Å². The molecule has 1 amide bonds. The average Bonchev–Trinajstić information content (AvgIpc) is 2.94. The molecule has 0 saturated heterocycles. The van der Waals surface area contributed by atoms with Crippen molar-refractivity contribution in [1.29, 1.82) is 0 Å². The Hall–Kier alpha value is -4.73. The van der Waals surface area contributed by atoms with Crippen LogP contribution in [-0.2, 0) is 24.4 Å². The molecular formula is C28H27FN4O5. The molecule has 4 aromatic rings. The van der Waals surface area contributed by atoms with Crippen molar-refractivity contribution in [3.63, 3.8) is 0 Å². The van der Waals surface area contributed by atoms with Gasteiger partial charge in [-0.2, -0.15) is 0 Å². The highest BCUT2D eigenvalue weighted by molar-refractivity contribution is 5.76. The molecule has 38 heavy (non-hydrogen) atoms. The summed E-state index contributed by atoms with van der Waals surface area (Å²) < 4.78 is 29.9. The van der Waals surface area contributed by atoms with Gasteiger partial charge in [-0.3, -0.25) is 9.59 Å². The molecule has 4 rings (SSSR count). The number of nitrogens with zero attached hydrogens (tertiary/aromatic N) is 2. The van der Waals surface area contributed by atoms with Crippen molar-refractivity contribution < 1.29 is 23.4 Å². The zero-order valence-electron chi connectivity index (χ0n) is 21.0. The Morgan fingerprint density at radius 3 is 2.53 bits per heavy atom. The Labute approximate surface area is 218 Å². The smallest absolute Gasteiger partial charge is 0.273 e. The average molecular weight is 519 g/mol. The van der Waals surface area contributed by atoms with E-state index in [2.05, 4.69) is 20.5 Å². The number of nitrogens with one attached hydrogen (secondary N) is 2. The number of amides is 1. The number of benzene rings is 3. The van der Waals surface area contributed by atoms with E-state index in [1.165, 1.54) is 19.2 Å². The van der Waals surface area contributed by atoms with Crippen molar-refractivity contribution in [3.05, 3.63) is 99.7 Å². The number of halogens is 1. The highest BCUT2D eigenvalue weighted by Crippen LogP contribution is 2.32. The largest absolute Gasteiger partial charge is 0.497 e. The summed E-state index contributed by atoms with van der Waals surface area (Å²) in [6.45, 7) is 0.507. The molecule has 196 valence electrons. The van der Waals surface area contributed by atoms with Gasteiger partial charge in [-0.05, 0) is 53.6 Å². The molecule has 0 radical (unpaired) electrons. The predicted octanol–water partition coefficient (Wildman–Crippen LogP) is 3.82. The minimum Gasteiger partial charge on any atom is -0.497 e. The normalized spacial score (nSPS) is 10.6. The van der Waals surface area contributed by atoms with Gasteiger partial charge >= 0.3 is 0 Å². The topological polar surface area (TPSA) is 115 Å². The van der Waals surface area contributed by atoms with Gasteiger partial charge in [-0.25, -0.2) is 4.39 Å². The second-order valence-corrected chi connectivity index (χ2v) is 8.36. The molecule has 1 heterocycles. The summed E-state index contributed by atoms with van der Waals surface area (Å²) in [5.74, 6) is 1.33. The van der Waals surface area contributed by atoms with E-state index in [0.29, 0.717) is 29.2 Å². The molecule has 2 N–H and O–H groups in total. The van der Waals surface area contributed by atoms with E-state index in [-0.39, 0.29) is 42.6 Å². The lowest BCUT2D eigenvalue weighted by molar-refractivity contribution is -0.121. The maximum atomic E-state index is 13.3. The molecule has 0 aliphatic heterocycles. The first-order valence-electron chi connectivity index (χ1n) is 11.9. The number of aromatic amines is 1. The van der Waals surface area contributed by atoms with Gasteiger partial charge in [-0.1, -0.05) is 24.3 Å². The number of aryl methyl sites for hydroxylation is 1. The summed E-state index contributed by atoms with van der Waals surface area (Å²) in [4.78, 5) is 27.4. The van der Waals surface area contributed by atoms with Crippen LogP contribution in [0.2, 0.25) is 0 Å². The zero-order valence-corrected chi connectivity index (χ0v) is 21.0. The molecule has 0 saturated carbocycles. The van der Waals surface area contributed by atoms with Crippen LogP contribution in [-0.4, -0.2) is 35.3 Å². The molecule has 9 nitrogen and oxygen atoms in total. The van der Waals surface area contributed by atoms with Crippen LogP contribution in [0.3, 0.4) is 0 Å².